The molecule has 1 fully saturated rings. The first-order valence-corrected chi connectivity index (χ1v) is 10.6. The van der Waals surface area contributed by atoms with E-state index in [2.05, 4.69) is 12.2 Å². The predicted molar refractivity (Wildman–Crippen MR) is 112 cm³/mol. The Balaban J connectivity index is 1.97. The molecule has 1 aromatic carbocycles. The van der Waals surface area contributed by atoms with Crippen LogP contribution in [0.25, 0.3) is 0 Å². The molecule has 3 unspecified atom stereocenters. The van der Waals surface area contributed by atoms with Crippen LogP contribution in [-0.2, 0) is 4.79 Å². The number of amides is 2. The van der Waals surface area contributed by atoms with Crippen LogP contribution in [0.5, 0.6) is 0 Å². The number of rotatable bonds is 6. The number of aliphatic hydroxyl groups excluding tert-OH is 1. The minimum atomic E-state index is -0.756. The van der Waals surface area contributed by atoms with Crippen molar-refractivity contribution in [1.29, 1.82) is 0 Å². The second kappa shape index (κ2) is 9.18. The van der Waals surface area contributed by atoms with Crippen LogP contribution in [0.3, 0.4) is 0 Å². The lowest BCUT2D eigenvalue weighted by atomic mass is 9.88. The molecular weight excluding hydrogens is 396 g/mol. The average Bonchev–Trinajstić information content (AvgIpc) is 3.07. The molecule has 28 heavy (non-hydrogen) atoms. The summed E-state index contributed by atoms with van der Waals surface area (Å²) in [4.78, 5) is 27.1. The van der Waals surface area contributed by atoms with Gasteiger partial charge in [-0.3, -0.25) is 14.5 Å². The van der Waals surface area contributed by atoms with Crippen LogP contribution in [0.15, 0.2) is 30.3 Å². The summed E-state index contributed by atoms with van der Waals surface area (Å²) in [6, 6.07) is 8.54. The Kier molecular flexibility index (Phi) is 6.88. The number of carbonyl (C=O) groups excluding carboxylic acids is 2. The molecule has 0 spiro atoms. The van der Waals surface area contributed by atoms with Crippen molar-refractivity contribution in [3.05, 3.63) is 56.2 Å². The van der Waals surface area contributed by atoms with E-state index in [-0.39, 0.29) is 6.61 Å². The predicted octanol–water partition coefficient (Wildman–Crippen LogP) is 3.90. The molecule has 0 saturated carbocycles. The van der Waals surface area contributed by atoms with Gasteiger partial charge in [0.25, 0.3) is 5.91 Å². The van der Waals surface area contributed by atoms with E-state index >= 15 is 0 Å². The number of aliphatic hydroxyl groups is 1. The fourth-order valence-electron chi connectivity index (χ4n) is 3.89. The molecule has 1 aromatic heterocycles. The lowest BCUT2D eigenvalue weighted by Crippen LogP contribution is -2.37. The Morgan fingerprint density at radius 1 is 1.46 bits per heavy atom. The van der Waals surface area contributed by atoms with Crippen LogP contribution in [0, 0.1) is 6.92 Å². The van der Waals surface area contributed by atoms with Crippen molar-refractivity contribution in [2.45, 2.75) is 44.7 Å². The zero-order chi connectivity index (χ0) is 20.3. The number of nitrogens with one attached hydrogen (secondary N) is 1. The van der Waals surface area contributed by atoms with E-state index < -0.39 is 11.9 Å². The SMILES string of the molecule is Cc1ccccc1C(=O)N(C=O)C(CO)c1cc(Cl)sc1C1CCNC(C)C1. The molecule has 2 N–H and O–H groups in total. The second-order valence-corrected chi connectivity index (χ2v) is 8.99. The van der Waals surface area contributed by atoms with Crippen molar-refractivity contribution >= 4 is 35.3 Å². The van der Waals surface area contributed by atoms with Gasteiger partial charge in [0.2, 0.25) is 6.41 Å². The zero-order valence-electron chi connectivity index (χ0n) is 16.0. The van der Waals surface area contributed by atoms with Crippen LogP contribution < -0.4 is 5.32 Å². The summed E-state index contributed by atoms with van der Waals surface area (Å²) < 4.78 is 0.601. The van der Waals surface area contributed by atoms with Gasteiger partial charge in [0, 0.05) is 16.5 Å². The monoisotopic (exact) mass is 420 g/mol. The van der Waals surface area contributed by atoms with E-state index in [9.17, 15) is 14.7 Å². The number of thiophene rings is 1. The molecule has 1 aliphatic rings. The number of piperidine rings is 1. The van der Waals surface area contributed by atoms with Gasteiger partial charge >= 0.3 is 0 Å². The number of nitrogens with zero attached hydrogens (tertiary/aromatic N) is 1. The summed E-state index contributed by atoms with van der Waals surface area (Å²) in [5.41, 5.74) is 2.00. The van der Waals surface area contributed by atoms with Gasteiger partial charge in [-0.15, -0.1) is 11.3 Å². The fraction of sp³-hybridized carbons (Fsp3) is 0.429. The number of hydrogen-bond donors (Lipinski definition) is 2. The van der Waals surface area contributed by atoms with Crippen LogP contribution in [0.1, 0.15) is 58.1 Å². The summed E-state index contributed by atoms with van der Waals surface area (Å²) in [5, 5.41) is 13.6. The van der Waals surface area contributed by atoms with E-state index in [4.69, 9.17) is 11.6 Å². The molecule has 5 nitrogen and oxygen atoms in total. The number of benzene rings is 1. The molecular formula is C21H25ClN2O3S. The minimum Gasteiger partial charge on any atom is -0.394 e. The Bertz CT molecular complexity index is 854. The molecule has 3 rings (SSSR count). The van der Waals surface area contributed by atoms with Crippen molar-refractivity contribution < 1.29 is 14.7 Å². The van der Waals surface area contributed by atoms with Crippen molar-refractivity contribution in [3.8, 4) is 0 Å². The summed E-state index contributed by atoms with van der Waals surface area (Å²) >= 11 is 7.80. The molecule has 1 saturated heterocycles. The number of carbonyl (C=O) groups is 2. The van der Waals surface area contributed by atoms with Gasteiger partial charge in [0.1, 0.15) is 0 Å². The maximum absolute atomic E-state index is 13.1. The third-order valence-electron chi connectivity index (χ3n) is 5.35. The molecule has 0 aliphatic carbocycles. The number of hydrogen-bond acceptors (Lipinski definition) is 5. The molecule has 2 amide bonds. The normalized spacial score (nSPS) is 20.6. The van der Waals surface area contributed by atoms with Gasteiger partial charge in [0.15, 0.2) is 0 Å². The quantitative estimate of drug-likeness (QED) is 0.695. The van der Waals surface area contributed by atoms with Crippen molar-refractivity contribution in [3.63, 3.8) is 0 Å². The summed E-state index contributed by atoms with van der Waals surface area (Å²) in [6.45, 7) is 4.53. The highest BCUT2D eigenvalue weighted by Gasteiger charge is 2.32. The summed E-state index contributed by atoms with van der Waals surface area (Å²) in [7, 11) is 0. The van der Waals surface area contributed by atoms with Crippen LogP contribution in [0.2, 0.25) is 4.34 Å². The van der Waals surface area contributed by atoms with Crippen molar-refractivity contribution in [2.24, 2.45) is 0 Å². The van der Waals surface area contributed by atoms with Gasteiger partial charge in [-0.05, 0) is 62.4 Å². The van der Waals surface area contributed by atoms with Crippen molar-refractivity contribution in [1.82, 2.24) is 10.2 Å². The number of imide groups is 1. The molecule has 3 atom stereocenters. The van der Waals surface area contributed by atoms with Crippen LogP contribution >= 0.6 is 22.9 Å². The third-order valence-corrected chi connectivity index (χ3v) is 6.79. The molecule has 0 bridgehead atoms. The Morgan fingerprint density at radius 2 is 2.21 bits per heavy atom. The Morgan fingerprint density at radius 3 is 2.86 bits per heavy atom. The highest BCUT2D eigenvalue weighted by Crippen LogP contribution is 2.42. The van der Waals surface area contributed by atoms with E-state index in [1.165, 1.54) is 11.3 Å². The molecule has 1 aliphatic heterocycles. The van der Waals surface area contributed by atoms with E-state index in [1.54, 1.807) is 18.2 Å². The van der Waals surface area contributed by atoms with Gasteiger partial charge < -0.3 is 10.4 Å². The average molecular weight is 421 g/mol. The van der Waals surface area contributed by atoms with E-state index in [0.717, 1.165) is 40.3 Å². The van der Waals surface area contributed by atoms with Crippen LogP contribution in [0.4, 0.5) is 0 Å². The van der Waals surface area contributed by atoms with Gasteiger partial charge in [0.05, 0.1) is 17.0 Å². The first kappa shape index (κ1) is 21.0. The zero-order valence-corrected chi connectivity index (χ0v) is 17.6. The maximum Gasteiger partial charge on any atom is 0.261 e. The van der Waals surface area contributed by atoms with Gasteiger partial charge in [-0.1, -0.05) is 29.8 Å². The molecule has 0 radical (unpaired) electrons. The maximum atomic E-state index is 13.1. The summed E-state index contributed by atoms with van der Waals surface area (Å²) in [6.07, 6.45) is 2.42. The number of aryl methyl sites for hydroxylation is 1. The first-order valence-electron chi connectivity index (χ1n) is 9.43. The van der Waals surface area contributed by atoms with E-state index in [1.807, 2.05) is 19.1 Å². The lowest BCUT2D eigenvalue weighted by Gasteiger charge is -2.31. The minimum absolute atomic E-state index is 0.292. The third kappa shape index (κ3) is 4.30. The standard InChI is InChI=1S/C21H25ClN2O3S/c1-13-5-3-4-6-16(13)21(27)24(12-26)18(11-25)17-10-19(22)28-20(17)15-7-8-23-14(2)9-15/h3-6,10,12,14-15,18,23,25H,7-9,11H2,1-2H3. The smallest absolute Gasteiger partial charge is 0.261 e. The Hall–Kier alpha value is -1.73. The van der Waals surface area contributed by atoms with Gasteiger partial charge in [-0.2, -0.15) is 0 Å². The summed E-state index contributed by atoms with van der Waals surface area (Å²) in [5.74, 6) is -0.126. The molecule has 7 heteroatoms. The lowest BCUT2D eigenvalue weighted by molar-refractivity contribution is -0.118. The largest absolute Gasteiger partial charge is 0.394 e. The fourth-order valence-corrected chi connectivity index (χ4v) is 5.34. The molecule has 2 aromatic rings. The van der Waals surface area contributed by atoms with E-state index in [0.29, 0.717) is 28.3 Å². The van der Waals surface area contributed by atoms with Crippen LogP contribution in [-0.4, -0.2) is 41.5 Å². The molecule has 2 heterocycles. The topological polar surface area (TPSA) is 69.6 Å². The highest BCUT2D eigenvalue weighted by molar-refractivity contribution is 7.16. The number of halogens is 1. The highest BCUT2D eigenvalue weighted by atomic mass is 35.5. The second-order valence-electron chi connectivity index (χ2n) is 7.28. The Labute approximate surface area is 174 Å². The molecule has 150 valence electrons. The first-order chi connectivity index (χ1) is 13.5. The van der Waals surface area contributed by atoms with Crippen molar-refractivity contribution in [2.75, 3.05) is 13.2 Å². The van der Waals surface area contributed by atoms with Gasteiger partial charge in [-0.25, -0.2) is 0 Å².